The molecule has 0 saturated carbocycles. The molecule has 2 rings (SSSR count). The number of hydrogen-bond acceptors (Lipinski definition) is 6. The van der Waals surface area contributed by atoms with E-state index in [1.165, 1.54) is 0 Å². The molecule has 1 aromatic heterocycles. The van der Waals surface area contributed by atoms with E-state index in [-0.39, 0.29) is 6.61 Å². The number of rotatable bonds is 5. The van der Waals surface area contributed by atoms with E-state index in [0.717, 1.165) is 44.4 Å². The van der Waals surface area contributed by atoms with E-state index in [2.05, 4.69) is 38.9 Å². The van der Waals surface area contributed by atoms with Gasteiger partial charge in [0.1, 0.15) is 18.0 Å². The minimum absolute atomic E-state index is 0.232. The van der Waals surface area contributed by atoms with Gasteiger partial charge in [-0.1, -0.05) is 0 Å². The summed E-state index contributed by atoms with van der Waals surface area (Å²) in [4.78, 5) is 13.1. The molecule has 0 radical (unpaired) electrons. The van der Waals surface area contributed by atoms with Crippen LogP contribution < -0.4 is 10.2 Å². The van der Waals surface area contributed by atoms with Crippen LogP contribution in [0.1, 0.15) is 13.8 Å². The minimum Gasteiger partial charge on any atom is -0.395 e. The number of aromatic nitrogens is 2. The lowest BCUT2D eigenvalue weighted by atomic mass is 10.3. The van der Waals surface area contributed by atoms with Gasteiger partial charge in [-0.15, -0.1) is 0 Å². The Bertz CT molecular complexity index is 390. The normalized spacial score (nSPS) is 16.9. The lowest BCUT2D eigenvalue weighted by Gasteiger charge is -2.35. The Hall–Kier alpha value is -1.40. The lowest BCUT2D eigenvalue weighted by molar-refractivity contribution is 0.188. The molecule has 1 saturated heterocycles. The topological polar surface area (TPSA) is 64.5 Å². The summed E-state index contributed by atoms with van der Waals surface area (Å²) in [5.41, 5.74) is 0. The average Bonchev–Trinajstić information content (AvgIpc) is 2.39. The number of aliphatic hydroxyl groups is 1. The van der Waals surface area contributed by atoms with Crippen LogP contribution in [0.25, 0.3) is 0 Å². The molecule has 1 fully saturated rings. The molecular formula is C13H23N5O. The molecule has 0 aliphatic carbocycles. The number of hydrogen-bond donors (Lipinski definition) is 2. The third-order valence-corrected chi connectivity index (χ3v) is 3.20. The van der Waals surface area contributed by atoms with E-state index < -0.39 is 0 Å². The van der Waals surface area contributed by atoms with E-state index in [1.54, 1.807) is 6.33 Å². The van der Waals surface area contributed by atoms with Gasteiger partial charge in [-0.25, -0.2) is 9.97 Å². The summed E-state index contributed by atoms with van der Waals surface area (Å²) in [6, 6.07) is 2.37. The van der Waals surface area contributed by atoms with Crippen molar-refractivity contribution < 1.29 is 5.11 Å². The number of aliphatic hydroxyl groups excluding tert-OH is 1. The Balaban J connectivity index is 1.95. The van der Waals surface area contributed by atoms with Crippen molar-refractivity contribution in [3.05, 3.63) is 12.4 Å². The first kappa shape index (κ1) is 14.0. The average molecular weight is 265 g/mol. The number of nitrogens with zero attached hydrogens (tertiary/aromatic N) is 4. The second-order valence-corrected chi connectivity index (χ2v) is 5.11. The van der Waals surface area contributed by atoms with Crippen LogP contribution in [0.4, 0.5) is 11.6 Å². The highest BCUT2D eigenvalue weighted by atomic mass is 16.3. The van der Waals surface area contributed by atoms with Gasteiger partial charge >= 0.3 is 0 Å². The largest absolute Gasteiger partial charge is 0.395 e. The summed E-state index contributed by atoms with van der Waals surface area (Å²) in [5, 5.41) is 12.2. The highest BCUT2D eigenvalue weighted by Gasteiger charge is 2.17. The van der Waals surface area contributed by atoms with E-state index >= 15 is 0 Å². The first-order chi connectivity index (χ1) is 9.19. The summed E-state index contributed by atoms with van der Waals surface area (Å²) in [6.07, 6.45) is 1.61. The SMILES string of the molecule is CC(C)Nc1cc(N2CCN(CCO)CC2)ncn1. The summed E-state index contributed by atoms with van der Waals surface area (Å²) in [5.74, 6) is 1.85. The van der Waals surface area contributed by atoms with Gasteiger partial charge in [-0.3, -0.25) is 4.90 Å². The maximum absolute atomic E-state index is 8.94. The second kappa shape index (κ2) is 6.68. The van der Waals surface area contributed by atoms with Crippen molar-refractivity contribution in [1.29, 1.82) is 0 Å². The third kappa shape index (κ3) is 4.04. The van der Waals surface area contributed by atoms with Gasteiger partial charge in [0.15, 0.2) is 0 Å². The number of β-amino-alcohol motifs (C(OH)–C–C–N with tert-alkyl or cyclic N) is 1. The Kier molecular flexibility index (Phi) is 4.93. The van der Waals surface area contributed by atoms with Crippen molar-refractivity contribution in [2.75, 3.05) is 49.5 Å². The Labute approximate surface area is 114 Å². The zero-order valence-electron chi connectivity index (χ0n) is 11.7. The third-order valence-electron chi connectivity index (χ3n) is 3.20. The minimum atomic E-state index is 0.232. The highest BCUT2D eigenvalue weighted by Crippen LogP contribution is 2.16. The molecule has 1 aromatic rings. The summed E-state index contributed by atoms with van der Waals surface area (Å²) >= 11 is 0. The first-order valence-electron chi connectivity index (χ1n) is 6.86. The molecule has 19 heavy (non-hydrogen) atoms. The van der Waals surface area contributed by atoms with Crippen molar-refractivity contribution in [1.82, 2.24) is 14.9 Å². The van der Waals surface area contributed by atoms with Gasteiger partial charge in [-0.05, 0) is 13.8 Å². The Morgan fingerprint density at radius 2 is 2.00 bits per heavy atom. The molecule has 0 atom stereocenters. The molecule has 0 spiro atoms. The molecule has 0 unspecified atom stereocenters. The molecule has 2 heterocycles. The Morgan fingerprint density at radius 1 is 1.26 bits per heavy atom. The molecule has 1 aliphatic heterocycles. The van der Waals surface area contributed by atoms with Crippen molar-refractivity contribution >= 4 is 11.6 Å². The Morgan fingerprint density at radius 3 is 2.63 bits per heavy atom. The van der Waals surface area contributed by atoms with Crippen molar-refractivity contribution in [2.24, 2.45) is 0 Å². The van der Waals surface area contributed by atoms with Crippen molar-refractivity contribution in [2.45, 2.75) is 19.9 Å². The molecule has 2 N–H and O–H groups in total. The standard InChI is InChI=1S/C13H23N5O/c1-11(2)16-12-9-13(15-10-14-12)18-5-3-17(4-6-18)7-8-19/h9-11,19H,3-8H2,1-2H3,(H,14,15,16). The maximum Gasteiger partial charge on any atom is 0.134 e. The number of anilines is 2. The summed E-state index contributed by atoms with van der Waals surface area (Å²) in [7, 11) is 0. The molecule has 0 bridgehead atoms. The molecule has 6 heteroatoms. The van der Waals surface area contributed by atoms with Crippen LogP contribution in [-0.4, -0.2) is 65.3 Å². The van der Waals surface area contributed by atoms with Crippen LogP contribution in [0.2, 0.25) is 0 Å². The smallest absolute Gasteiger partial charge is 0.134 e. The van der Waals surface area contributed by atoms with Crippen LogP contribution >= 0.6 is 0 Å². The lowest BCUT2D eigenvalue weighted by Crippen LogP contribution is -2.47. The second-order valence-electron chi connectivity index (χ2n) is 5.11. The van der Waals surface area contributed by atoms with E-state index in [4.69, 9.17) is 5.11 Å². The molecular weight excluding hydrogens is 242 g/mol. The fourth-order valence-electron chi connectivity index (χ4n) is 2.24. The maximum atomic E-state index is 8.94. The van der Waals surface area contributed by atoms with E-state index in [1.807, 2.05) is 6.07 Å². The molecule has 0 aromatic carbocycles. The van der Waals surface area contributed by atoms with Gasteiger partial charge in [0.2, 0.25) is 0 Å². The number of piperazine rings is 1. The first-order valence-corrected chi connectivity index (χ1v) is 6.86. The van der Waals surface area contributed by atoms with Gasteiger partial charge in [0.25, 0.3) is 0 Å². The predicted molar refractivity (Wildman–Crippen MR) is 76.5 cm³/mol. The van der Waals surface area contributed by atoms with Gasteiger partial charge in [-0.2, -0.15) is 0 Å². The van der Waals surface area contributed by atoms with E-state index in [9.17, 15) is 0 Å². The molecule has 0 amide bonds. The van der Waals surface area contributed by atoms with Crippen LogP contribution in [0.15, 0.2) is 12.4 Å². The monoisotopic (exact) mass is 265 g/mol. The van der Waals surface area contributed by atoms with Crippen LogP contribution in [-0.2, 0) is 0 Å². The van der Waals surface area contributed by atoms with Crippen LogP contribution in [0.5, 0.6) is 0 Å². The quantitative estimate of drug-likeness (QED) is 0.804. The number of nitrogens with one attached hydrogen (secondary N) is 1. The zero-order valence-corrected chi connectivity index (χ0v) is 11.7. The van der Waals surface area contributed by atoms with Crippen molar-refractivity contribution in [3.63, 3.8) is 0 Å². The fourth-order valence-corrected chi connectivity index (χ4v) is 2.24. The fraction of sp³-hybridized carbons (Fsp3) is 0.692. The van der Waals surface area contributed by atoms with Crippen LogP contribution in [0, 0.1) is 0 Å². The van der Waals surface area contributed by atoms with Gasteiger partial charge in [0, 0.05) is 44.8 Å². The van der Waals surface area contributed by atoms with Crippen molar-refractivity contribution in [3.8, 4) is 0 Å². The molecule has 106 valence electrons. The summed E-state index contributed by atoms with van der Waals surface area (Å²) in [6.45, 7) is 9.00. The molecule has 1 aliphatic rings. The van der Waals surface area contributed by atoms with E-state index in [0.29, 0.717) is 6.04 Å². The zero-order chi connectivity index (χ0) is 13.7. The highest BCUT2D eigenvalue weighted by molar-refractivity contribution is 5.49. The predicted octanol–water partition coefficient (Wildman–Crippen LogP) is 0.411. The van der Waals surface area contributed by atoms with Gasteiger partial charge < -0.3 is 15.3 Å². The van der Waals surface area contributed by atoms with Gasteiger partial charge in [0.05, 0.1) is 6.61 Å². The molecule has 6 nitrogen and oxygen atoms in total. The summed E-state index contributed by atoms with van der Waals surface area (Å²) < 4.78 is 0. The van der Waals surface area contributed by atoms with Crippen LogP contribution in [0.3, 0.4) is 0 Å².